The number of hydrogen-bond donors (Lipinski definition) is 1. The molecule has 1 heterocycles. The maximum absolute atomic E-state index is 14.2. The molecule has 0 aliphatic heterocycles. The molecule has 0 atom stereocenters. The molecule has 1 N–H and O–H groups in total. The van der Waals surface area contributed by atoms with Gasteiger partial charge in [0.1, 0.15) is 12.4 Å². The van der Waals surface area contributed by atoms with Gasteiger partial charge >= 0.3 is 6.03 Å². The molecule has 6 nitrogen and oxygen atoms in total. The van der Waals surface area contributed by atoms with Gasteiger partial charge in [0.15, 0.2) is 0 Å². The van der Waals surface area contributed by atoms with Crippen molar-refractivity contribution in [2.45, 2.75) is 71.1 Å². The molecular formula is C30H36BrFN4O2. The number of para-hydroxylation sites is 1. The number of carbonyl (C=O) groups is 2. The molecule has 4 rings (SSSR count). The van der Waals surface area contributed by atoms with E-state index in [2.05, 4.69) is 44.0 Å². The summed E-state index contributed by atoms with van der Waals surface area (Å²) in [5.74, 6) is -0.600. The van der Waals surface area contributed by atoms with Crippen LogP contribution in [0.2, 0.25) is 0 Å². The molecule has 1 aliphatic rings. The molecule has 2 aromatic carbocycles. The summed E-state index contributed by atoms with van der Waals surface area (Å²) in [6, 6.07) is 17.8. The van der Waals surface area contributed by atoms with Gasteiger partial charge in [-0.3, -0.25) is 4.79 Å². The molecule has 0 unspecified atom stereocenters. The Balaban J connectivity index is 1.51. The number of aromatic nitrogens is 1. The summed E-state index contributed by atoms with van der Waals surface area (Å²) in [7, 11) is 0. The van der Waals surface area contributed by atoms with Crippen molar-refractivity contribution in [3.63, 3.8) is 0 Å². The first kappa shape index (κ1) is 27.9. The highest BCUT2D eigenvalue weighted by Gasteiger charge is 2.30. The number of halogens is 2. The second-order valence-corrected chi connectivity index (χ2v) is 11.1. The van der Waals surface area contributed by atoms with Gasteiger partial charge in [-0.2, -0.15) is 0 Å². The van der Waals surface area contributed by atoms with Gasteiger partial charge in [-0.15, -0.1) is 0 Å². The van der Waals surface area contributed by atoms with E-state index in [4.69, 9.17) is 0 Å². The fourth-order valence-electron chi connectivity index (χ4n) is 5.00. The number of amides is 3. The van der Waals surface area contributed by atoms with E-state index in [-0.39, 0.29) is 30.2 Å². The SMILES string of the molecule is CC(C)N(CC(=O)N(Cc1cccn1Cc1ccc(Br)cc1)C1CCCCC1)C(=O)Nc1ccccc1F. The predicted octanol–water partition coefficient (Wildman–Crippen LogP) is 7.04. The number of hydrogen-bond acceptors (Lipinski definition) is 2. The van der Waals surface area contributed by atoms with E-state index in [0.717, 1.165) is 35.8 Å². The first-order chi connectivity index (χ1) is 18.3. The van der Waals surface area contributed by atoms with Gasteiger partial charge in [0.2, 0.25) is 5.91 Å². The number of benzene rings is 2. The largest absolute Gasteiger partial charge is 0.345 e. The Hall–Kier alpha value is -3.13. The Morgan fingerprint density at radius 3 is 2.42 bits per heavy atom. The van der Waals surface area contributed by atoms with Crippen LogP contribution in [0, 0.1) is 5.82 Å². The minimum Gasteiger partial charge on any atom is -0.345 e. The van der Waals surface area contributed by atoms with Crippen LogP contribution in [0.4, 0.5) is 14.9 Å². The number of nitrogens with zero attached hydrogens (tertiary/aromatic N) is 3. The summed E-state index contributed by atoms with van der Waals surface area (Å²) in [5, 5.41) is 2.64. The molecule has 1 fully saturated rings. The average Bonchev–Trinajstić information content (AvgIpc) is 3.35. The molecule has 0 spiro atoms. The third kappa shape index (κ3) is 7.25. The van der Waals surface area contributed by atoms with Crippen LogP contribution in [0.3, 0.4) is 0 Å². The fraction of sp³-hybridized carbons (Fsp3) is 0.400. The molecular weight excluding hydrogens is 547 g/mol. The normalized spacial score (nSPS) is 13.9. The summed E-state index contributed by atoms with van der Waals surface area (Å²) in [5.41, 5.74) is 2.33. The number of urea groups is 1. The Morgan fingerprint density at radius 2 is 1.74 bits per heavy atom. The Labute approximate surface area is 232 Å². The highest BCUT2D eigenvalue weighted by molar-refractivity contribution is 9.10. The molecule has 3 amide bonds. The van der Waals surface area contributed by atoms with E-state index in [0.29, 0.717) is 13.1 Å². The van der Waals surface area contributed by atoms with Gasteiger partial charge in [0.05, 0.1) is 12.2 Å². The van der Waals surface area contributed by atoms with Crippen LogP contribution >= 0.6 is 15.9 Å². The smallest absolute Gasteiger partial charge is 0.322 e. The van der Waals surface area contributed by atoms with E-state index in [1.54, 1.807) is 12.1 Å². The molecule has 0 radical (unpaired) electrons. The third-order valence-corrected chi connectivity index (χ3v) is 7.69. The molecule has 1 aromatic heterocycles. The average molecular weight is 584 g/mol. The van der Waals surface area contributed by atoms with Crippen LogP contribution in [0.15, 0.2) is 71.3 Å². The maximum atomic E-state index is 14.2. The van der Waals surface area contributed by atoms with E-state index < -0.39 is 11.8 Å². The quantitative estimate of drug-likeness (QED) is 0.294. The van der Waals surface area contributed by atoms with Gasteiger partial charge in [-0.1, -0.05) is 59.5 Å². The van der Waals surface area contributed by atoms with Crippen LogP contribution in [-0.2, 0) is 17.9 Å². The van der Waals surface area contributed by atoms with Crippen LogP contribution in [0.1, 0.15) is 57.2 Å². The van der Waals surface area contributed by atoms with Crippen molar-refractivity contribution in [2.75, 3.05) is 11.9 Å². The van der Waals surface area contributed by atoms with E-state index in [9.17, 15) is 14.0 Å². The number of rotatable bonds is 9. The molecule has 202 valence electrons. The van der Waals surface area contributed by atoms with Gasteiger partial charge in [-0.05, 0) is 68.7 Å². The lowest BCUT2D eigenvalue weighted by atomic mass is 9.94. The molecule has 38 heavy (non-hydrogen) atoms. The Morgan fingerprint density at radius 1 is 1.03 bits per heavy atom. The lowest BCUT2D eigenvalue weighted by molar-refractivity contribution is -0.136. The van der Waals surface area contributed by atoms with Gasteiger partial charge in [0, 0.05) is 35.0 Å². The van der Waals surface area contributed by atoms with E-state index in [1.807, 2.05) is 43.1 Å². The van der Waals surface area contributed by atoms with Crippen molar-refractivity contribution < 1.29 is 14.0 Å². The van der Waals surface area contributed by atoms with Crippen molar-refractivity contribution in [3.05, 3.63) is 88.4 Å². The summed E-state index contributed by atoms with van der Waals surface area (Å²) in [6.45, 7) is 4.85. The number of carbonyl (C=O) groups excluding carboxylic acids is 2. The molecule has 1 aliphatic carbocycles. The lowest BCUT2D eigenvalue weighted by Crippen LogP contribution is -2.50. The van der Waals surface area contributed by atoms with Crippen LogP contribution in [0.5, 0.6) is 0 Å². The predicted molar refractivity (Wildman–Crippen MR) is 152 cm³/mol. The third-order valence-electron chi connectivity index (χ3n) is 7.16. The van der Waals surface area contributed by atoms with E-state index >= 15 is 0 Å². The van der Waals surface area contributed by atoms with Gasteiger partial charge in [0.25, 0.3) is 0 Å². The number of anilines is 1. The summed E-state index contributed by atoms with van der Waals surface area (Å²) < 4.78 is 17.4. The highest BCUT2D eigenvalue weighted by Crippen LogP contribution is 2.25. The standard InChI is InChI=1S/C30H36BrFN4O2/c1-22(2)35(30(38)33-28-13-7-6-12-27(28)32)21-29(37)36(25-9-4-3-5-10-25)20-26-11-8-18-34(26)19-23-14-16-24(31)17-15-23/h6-8,11-18,22,25H,3-5,9-10,19-21H2,1-2H3,(H,33,38). The highest BCUT2D eigenvalue weighted by atomic mass is 79.9. The minimum absolute atomic E-state index is 0.0676. The van der Waals surface area contributed by atoms with Crippen molar-refractivity contribution in [1.29, 1.82) is 0 Å². The van der Waals surface area contributed by atoms with Crippen molar-refractivity contribution in [3.8, 4) is 0 Å². The summed E-state index contributed by atoms with van der Waals surface area (Å²) in [4.78, 5) is 30.4. The van der Waals surface area contributed by atoms with Crippen molar-refractivity contribution >= 4 is 33.6 Å². The van der Waals surface area contributed by atoms with Gasteiger partial charge in [-0.25, -0.2) is 9.18 Å². The molecule has 0 saturated heterocycles. The van der Waals surface area contributed by atoms with E-state index in [1.165, 1.54) is 29.0 Å². The zero-order chi connectivity index (χ0) is 27.1. The molecule has 0 bridgehead atoms. The van der Waals surface area contributed by atoms with Crippen LogP contribution in [-0.4, -0.2) is 44.9 Å². The number of nitrogens with one attached hydrogen (secondary N) is 1. The van der Waals surface area contributed by atoms with Crippen LogP contribution < -0.4 is 5.32 Å². The second kappa shape index (κ2) is 13.1. The van der Waals surface area contributed by atoms with Crippen molar-refractivity contribution in [2.24, 2.45) is 0 Å². The second-order valence-electron chi connectivity index (χ2n) is 10.2. The maximum Gasteiger partial charge on any atom is 0.322 e. The molecule has 1 saturated carbocycles. The summed E-state index contributed by atoms with van der Waals surface area (Å²) in [6.07, 6.45) is 7.33. The van der Waals surface area contributed by atoms with Crippen molar-refractivity contribution in [1.82, 2.24) is 14.4 Å². The fourth-order valence-corrected chi connectivity index (χ4v) is 5.26. The topological polar surface area (TPSA) is 57.6 Å². The monoisotopic (exact) mass is 582 g/mol. The van der Waals surface area contributed by atoms with Crippen LogP contribution in [0.25, 0.3) is 0 Å². The zero-order valence-electron chi connectivity index (χ0n) is 22.1. The Kier molecular flexibility index (Phi) is 9.61. The minimum atomic E-state index is -0.508. The van der Waals surface area contributed by atoms with Gasteiger partial charge < -0.3 is 19.7 Å². The molecule has 3 aromatic rings. The molecule has 8 heteroatoms. The first-order valence-electron chi connectivity index (χ1n) is 13.3. The first-order valence-corrected chi connectivity index (χ1v) is 14.1. The lowest BCUT2D eigenvalue weighted by Gasteiger charge is -2.37. The zero-order valence-corrected chi connectivity index (χ0v) is 23.7. The Bertz CT molecular complexity index is 1220. The summed E-state index contributed by atoms with van der Waals surface area (Å²) >= 11 is 3.49.